The number of phosphoric acid groups is 1. The second kappa shape index (κ2) is 53.3. The zero-order valence-corrected chi connectivity index (χ0v) is 49.4. The molecular weight excluding hydrogens is 940 g/mol. The summed E-state index contributed by atoms with van der Waals surface area (Å²) in [4.78, 5) is 39.9. The molecule has 0 aromatic heterocycles. The lowest BCUT2D eigenvalue weighted by atomic mass is 10.1. The Balaban J connectivity index is 5.30. The van der Waals surface area contributed by atoms with E-state index in [1.807, 2.05) is 33.3 Å². The minimum atomic E-state index is -4.71. The largest absolute Gasteiger partial charge is 0.756 e. The molecule has 9 nitrogen and oxygen atoms in total. The molecule has 0 aliphatic carbocycles. The van der Waals surface area contributed by atoms with E-state index in [1.165, 1.54) is 96.3 Å². The van der Waals surface area contributed by atoms with Crippen LogP contribution in [-0.4, -0.2) is 69.4 Å². The van der Waals surface area contributed by atoms with Gasteiger partial charge in [0.1, 0.15) is 19.3 Å². The van der Waals surface area contributed by atoms with Gasteiger partial charge in [-0.2, -0.15) is 0 Å². The lowest BCUT2D eigenvalue weighted by Crippen LogP contribution is -2.47. The van der Waals surface area contributed by atoms with Gasteiger partial charge in [-0.25, -0.2) is 0 Å². The van der Waals surface area contributed by atoms with Gasteiger partial charge in [-0.3, -0.25) is 14.2 Å². The maximum atomic E-state index is 13.5. The summed E-state index contributed by atoms with van der Waals surface area (Å²) in [6.45, 7) is 6.65. The summed E-state index contributed by atoms with van der Waals surface area (Å²) in [6.07, 6.45) is 70.9. The number of nitrogens with zero attached hydrogens (tertiary/aromatic N) is 1. The number of phosphoric ester groups is 1. The number of hydrogen-bond donors (Lipinski definition) is 1. The highest BCUT2D eigenvalue weighted by Gasteiger charge is 2.27. The smallest absolute Gasteiger partial charge is 0.306 e. The summed E-state index contributed by atoms with van der Waals surface area (Å²) in [6, 6.07) is -0.913. The molecule has 0 rings (SSSR count). The number of ether oxygens (including phenoxy) is 1. The minimum Gasteiger partial charge on any atom is -0.756 e. The van der Waals surface area contributed by atoms with E-state index in [0.29, 0.717) is 23.9 Å². The normalized spacial score (nSPS) is 14.4. The van der Waals surface area contributed by atoms with Crippen LogP contribution in [0, 0.1) is 0 Å². The Morgan fingerprint density at radius 2 is 0.865 bits per heavy atom. The van der Waals surface area contributed by atoms with Crippen molar-refractivity contribution in [3.8, 4) is 0 Å². The number of likely N-dealkylation sites (N-methyl/N-ethyl adjacent to an activating group) is 1. The van der Waals surface area contributed by atoms with Crippen molar-refractivity contribution in [1.82, 2.24) is 5.32 Å². The third-order valence-corrected chi connectivity index (χ3v) is 13.7. The number of rotatable bonds is 53. The molecule has 0 spiro atoms. The molecule has 0 aliphatic rings. The van der Waals surface area contributed by atoms with Gasteiger partial charge in [0.25, 0.3) is 7.82 Å². The molecule has 1 amide bonds. The first-order valence-corrected chi connectivity index (χ1v) is 31.5. The number of nitrogens with one attached hydrogen (secondary N) is 1. The maximum Gasteiger partial charge on any atom is 0.306 e. The van der Waals surface area contributed by atoms with Crippen molar-refractivity contribution < 1.29 is 37.3 Å². The Hall–Kier alpha value is -3.07. The van der Waals surface area contributed by atoms with Crippen LogP contribution in [-0.2, 0) is 27.9 Å². The van der Waals surface area contributed by atoms with Gasteiger partial charge in [-0.15, -0.1) is 0 Å². The van der Waals surface area contributed by atoms with E-state index in [2.05, 4.69) is 111 Å². The molecule has 3 atom stereocenters. The molecule has 426 valence electrons. The number of esters is 1. The van der Waals surface area contributed by atoms with Crippen LogP contribution in [0.3, 0.4) is 0 Å². The fraction of sp³-hybridized carbons (Fsp3) is 0.719. The van der Waals surface area contributed by atoms with E-state index in [1.54, 1.807) is 0 Å². The number of carbonyl (C=O) groups is 2. The van der Waals surface area contributed by atoms with Crippen LogP contribution in [0.25, 0.3) is 0 Å². The molecule has 3 unspecified atom stereocenters. The molecule has 0 saturated carbocycles. The van der Waals surface area contributed by atoms with Crippen molar-refractivity contribution in [2.75, 3.05) is 40.9 Å². The van der Waals surface area contributed by atoms with Crippen LogP contribution in [0.2, 0.25) is 0 Å². The SMILES string of the molecule is CC/C=C/C/C=C/C/C=C/C/C=C/CCCCCC(=O)NC(COP(=O)([O-])OCC[N+](C)(C)C)C(/C=C/CCCCCCCCCCC)OC(=O)CCCCCCCCCC/C=C\C/C=C\C/C=C\CCCCC. The highest BCUT2D eigenvalue weighted by atomic mass is 31.2. The van der Waals surface area contributed by atoms with Gasteiger partial charge in [0.2, 0.25) is 5.91 Å². The van der Waals surface area contributed by atoms with Gasteiger partial charge in [-0.05, 0) is 109 Å². The number of allylic oxidation sites excluding steroid dienone is 15. The number of quaternary nitrogens is 1. The standard InChI is InChI=1S/C64H113N2O7P/c1-7-10-13-16-19-22-25-27-29-31-32-33-34-35-37-39-42-45-48-51-54-57-64(68)73-62(55-52-49-46-43-40-24-21-18-15-12-9-3)61(60-72-74(69,70)71-59-58-66(4,5)6)65-63(67)56-53-50-47-44-41-38-36-30-28-26-23-20-17-14-11-8-2/h11,14,19-20,22-23,27-30,32-33,38,41,52,55,61-62H,7-10,12-13,15-18,21,24-26,31,34-37,39-40,42-51,53-54,56-60H2,1-6H3,(H-,65,67,69,70)/b14-11+,22-19-,23-20+,29-27-,30-28+,33-32-,41-38+,55-52+. The van der Waals surface area contributed by atoms with Crippen molar-refractivity contribution >= 4 is 19.7 Å². The van der Waals surface area contributed by atoms with Gasteiger partial charge in [0.15, 0.2) is 0 Å². The highest BCUT2D eigenvalue weighted by molar-refractivity contribution is 7.45. The molecule has 0 aliphatic heterocycles. The third-order valence-electron chi connectivity index (χ3n) is 12.7. The average molecular weight is 1050 g/mol. The molecule has 0 fully saturated rings. The van der Waals surface area contributed by atoms with Crippen molar-refractivity contribution in [1.29, 1.82) is 0 Å². The van der Waals surface area contributed by atoms with E-state index >= 15 is 0 Å². The van der Waals surface area contributed by atoms with E-state index in [4.69, 9.17) is 13.8 Å². The fourth-order valence-corrected chi connectivity index (χ4v) is 8.83. The van der Waals surface area contributed by atoms with Crippen LogP contribution < -0.4 is 10.2 Å². The van der Waals surface area contributed by atoms with Gasteiger partial charge < -0.3 is 28.5 Å². The van der Waals surface area contributed by atoms with Crippen LogP contribution in [0.1, 0.15) is 245 Å². The van der Waals surface area contributed by atoms with Crippen LogP contribution >= 0.6 is 7.82 Å². The predicted molar refractivity (Wildman–Crippen MR) is 316 cm³/mol. The zero-order valence-electron chi connectivity index (χ0n) is 48.5. The summed E-state index contributed by atoms with van der Waals surface area (Å²) >= 11 is 0. The van der Waals surface area contributed by atoms with Crippen molar-refractivity contribution in [3.63, 3.8) is 0 Å². The molecule has 0 heterocycles. The fourth-order valence-electron chi connectivity index (χ4n) is 8.11. The Kier molecular flexibility index (Phi) is 51.1. The van der Waals surface area contributed by atoms with Crippen molar-refractivity contribution in [3.05, 3.63) is 97.2 Å². The summed E-state index contributed by atoms with van der Waals surface area (Å²) in [5.41, 5.74) is 0. The van der Waals surface area contributed by atoms with Gasteiger partial charge >= 0.3 is 5.97 Å². The third kappa shape index (κ3) is 53.7. The number of unbranched alkanes of at least 4 members (excludes halogenated alkanes) is 23. The zero-order chi connectivity index (χ0) is 54.3. The molecule has 0 bridgehead atoms. The Morgan fingerprint density at radius 3 is 1.34 bits per heavy atom. The molecule has 0 aromatic rings. The first-order valence-electron chi connectivity index (χ1n) is 30.0. The molecular formula is C64H113N2O7P. The Bertz CT molecular complexity index is 1590. The van der Waals surface area contributed by atoms with E-state index in [-0.39, 0.29) is 31.3 Å². The van der Waals surface area contributed by atoms with Gasteiger partial charge in [0, 0.05) is 12.8 Å². The van der Waals surface area contributed by atoms with Crippen LogP contribution in [0.15, 0.2) is 97.2 Å². The van der Waals surface area contributed by atoms with Crippen LogP contribution in [0.5, 0.6) is 0 Å². The maximum absolute atomic E-state index is 13.5. The Labute approximate surface area is 456 Å². The highest BCUT2D eigenvalue weighted by Crippen LogP contribution is 2.38. The number of amides is 1. The summed E-state index contributed by atoms with van der Waals surface area (Å²) < 4.78 is 30.2. The average Bonchev–Trinajstić information content (AvgIpc) is 3.36. The van der Waals surface area contributed by atoms with Gasteiger partial charge in [-0.1, -0.05) is 221 Å². The number of hydrogen-bond acceptors (Lipinski definition) is 7. The van der Waals surface area contributed by atoms with Gasteiger partial charge in [0.05, 0.1) is 33.8 Å². The lowest BCUT2D eigenvalue weighted by Gasteiger charge is -2.30. The molecule has 10 heteroatoms. The number of carbonyl (C=O) groups excluding carboxylic acids is 2. The minimum absolute atomic E-state index is 0.0346. The topological polar surface area (TPSA) is 114 Å². The van der Waals surface area contributed by atoms with Crippen molar-refractivity contribution in [2.45, 2.75) is 258 Å². The predicted octanol–water partition coefficient (Wildman–Crippen LogP) is 17.8. The monoisotopic (exact) mass is 1050 g/mol. The summed E-state index contributed by atoms with van der Waals surface area (Å²) in [7, 11) is 1.15. The summed E-state index contributed by atoms with van der Waals surface area (Å²) in [5, 5.41) is 3.00. The van der Waals surface area contributed by atoms with E-state index in [0.717, 1.165) is 103 Å². The molecule has 0 radical (unpaired) electrons. The van der Waals surface area contributed by atoms with E-state index in [9.17, 15) is 19.0 Å². The second-order valence-electron chi connectivity index (χ2n) is 21.1. The second-order valence-corrected chi connectivity index (χ2v) is 22.5. The first-order chi connectivity index (χ1) is 35.9. The molecule has 74 heavy (non-hydrogen) atoms. The van der Waals surface area contributed by atoms with E-state index < -0.39 is 26.6 Å². The lowest BCUT2D eigenvalue weighted by molar-refractivity contribution is -0.870. The first kappa shape index (κ1) is 70.9. The molecule has 0 aromatic carbocycles. The molecule has 1 N–H and O–H groups in total. The summed E-state index contributed by atoms with van der Waals surface area (Å²) in [5.74, 6) is -0.591. The quantitative estimate of drug-likeness (QED) is 0.0212. The Morgan fingerprint density at radius 1 is 0.486 bits per heavy atom. The van der Waals surface area contributed by atoms with Crippen LogP contribution in [0.4, 0.5) is 0 Å². The van der Waals surface area contributed by atoms with Crippen molar-refractivity contribution in [2.24, 2.45) is 0 Å². The molecule has 0 saturated heterocycles.